The first-order valence-corrected chi connectivity index (χ1v) is 9.19. The van der Waals surface area contributed by atoms with Gasteiger partial charge in [-0.15, -0.1) is 5.10 Å². The Morgan fingerprint density at radius 1 is 1.08 bits per heavy atom. The van der Waals surface area contributed by atoms with Crippen LogP contribution >= 0.6 is 46.6 Å². The van der Waals surface area contributed by atoms with Crippen LogP contribution in [-0.4, -0.2) is 26.8 Å². The van der Waals surface area contributed by atoms with E-state index in [0.717, 1.165) is 5.56 Å². The Labute approximate surface area is 163 Å². The third kappa shape index (κ3) is 4.89. The van der Waals surface area contributed by atoms with Crippen LogP contribution in [0, 0.1) is 0 Å². The number of hydrogen-bond donors (Lipinski definition) is 2. The predicted molar refractivity (Wildman–Crippen MR) is 103 cm³/mol. The normalized spacial score (nSPS) is 10.7. The van der Waals surface area contributed by atoms with Crippen molar-refractivity contribution in [2.24, 2.45) is 0 Å². The van der Waals surface area contributed by atoms with Crippen molar-refractivity contribution in [3.05, 3.63) is 57.5 Å². The average Bonchev–Trinajstić information content (AvgIpc) is 3.05. The monoisotopic (exact) mass is 412 g/mol. The van der Waals surface area contributed by atoms with E-state index < -0.39 is 0 Å². The molecule has 0 atom stereocenters. The van der Waals surface area contributed by atoms with Crippen molar-refractivity contribution in [1.82, 2.24) is 15.2 Å². The van der Waals surface area contributed by atoms with Gasteiger partial charge in [0.25, 0.3) is 0 Å². The zero-order chi connectivity index (χ0) is 17.8. The van der Waals surface area contributed by atoms with Gasteiger partial charge in [-0.25, -0.2) is 4.98 Å². The lowest BCUT2D eigenvalue weighted by Crippen LogP contribution is -2.14. The Hall–Kier alpha value is -1.73. The second-order valence-electron chi connectivity index (χ2n) is 4.93. The summed E-state index contributed by atoms with van der Waals surface area (Å²) in [7, 11) is 0. The van der Waals surface area contributed by atoms with Gasteiger partial charge in [-0.1, -0.05) is 46.6 Å². The summed E-state index contributed by atoms with van der Waals surface area (Å²) in [5, 5.41) is 11.7. The van der Waals surface area contributed by atoms with Gasteiger partial charge in [-0.05, 0) is 42.5 Å². The number of aromatic nitrogens is 3. The maximum Gasteiger partial charge on any atom is 0.234 e. The van der Waals surface area contributed by atoms with Gasteiger partial charge < -0.3 is 5.32 Å². The number of benzene rings is 2. The molecule has 0 aliphatic carbocycles. The van der Waals surface area contributed by atoms with E-state index in [1.807, 2.05) is 12.1 Å². The van der Waals surface area contributed by atoms with Gasteiger partial charge in [0.15, 0.2) is 5.82 Å². The minimum atomic E-state index is -0.216. The molecular formula is C16H11Cl3N4OS. The fourth-order valence-electron chi connectivity index (χ4n) is 1.96. The average molecular weight is 414 g/mol. The van der Waals surface area contributed by atoms with Crippen LogP contribution in [0.5, 0.6) is 0 Å². The minimum absolute atomic E-state index is 0.150. The predicted octanol–water partition coefficient (Wildman–Crippen LogP) is 5.16. The smallest absolute Gasteiger partial charge is 0.234 e. The second-order valence-corrected chi connectivity index (χ2v) is 7.16. The number of thioether (sulfide) groups is 1. The molecule has 1 amide bonds. The van der Waals surface area contributed by atoms with E-state index in [4.69, 9.17) is 34.8 Å². The van der Waals surface area contributed by atoms with Crippen LogP contribution in [0.25, 0.3) is 11.4 Å². The number of H-pyrrole nitrogens is 1. The molecule has 25 heavy (non-hydrogen) atoms. The van der Waals surface area contributed by atoms with Crippen molar-refractivity contribution < 1.29 is 4.79 Å². The molecule has 0 aliphatic rings. The number of carbonyl (C=O) groups is 1. The lowest BCUT2D eigenvalue weighted by molar-refractivity contribution is -0.113. The summed E-state index contributed by atoms with van der Waals surface area (Å²) in [6.07, 6.45) is 0. The number of anilines is 1. The highest BCUT2D eigenvalue weighted by Gasteiger charge is 2.10. The molecule has 5 nitrogen and oxygen atoms in total. The molecule has 3 rings (SSSR count). The third-order valence-electron chi connectivity index (χ3n) is 3.12. The lowest BCUT2D eigenvalue weighted by atomic mass is 10.2. The first-order chi connectivity index (χ1) is 12.0. The SMILES string of the molecule is O=C(CSc1n[nH]c(-c2ccc(Cl)cc2)n1)Nc1ccc(Cl)cc1Cl. The van der Waals surface area contributed by atoms with Gasteiger partial charge in [-0.2, -0.15) is 0 Å². The number of aromatic amines is 1. The summed E-state index contributed by atoms with van der Waals surface area (Å²) >= 11 is 18.9. The Morgan fingerprint density at radius 3 is 2.52 bits per heavy atom. The summed E-state index contributed by atoms with van der Waals surface area (Å²) in [4.78, 5) is 16.4. The number of rotatable bonds is 5. The maximum absolute atomic E-state index is 12.0. The molecule has 1 heterocycles. The number of carbonyl (C=O) groups excluding carboxylic acids is 1. The van der Waals surface area contributed by atoms with Crippen LogP contribution in [0.2, 0.25) is 15.1 Å². The fourth-order valence-corrected chi connectivity index (χ4v) is 3.14. The van der Waals surface area contributed by atoms with Crippen LogP contribution < -0.4 is 5.32 Å². The Morgan fingerprint density at radius 2 is 1.80 bits per heavy atom. The molecule has 2 N–H and O–H groups in total. The van der Waals surface area contributed by atoms with E-state index in [2.05, 4.69) is 20.5 Å². The summed E-state index contributed by atoms with van der Waals surface area (Å²) < 4.78 is 0. The molecule has 0 spiro atoms. The molecule has 1 aromatic heterocycles. The summed E-state index contributed by atoms with van der Waals surface area (Å²) in [6, 6.07) is 12.1. The summed E-state index contributed by atoms with van der Waals surface area (Å²) in [5.74, 6) is 0.545. The highest BCUT2D eigenvalue weighted by atomic mass is 35.5. The number of nitrogens with zero attached hydrogens (tertiary/aromatic N) is 2. The first kappa shape index (κ1) is 18.1. The molecule has 9 heteroatoms. The van der Waals surface area contributed by atoms with Crippen LogP contribution in [0.4, 0.5) is 5.69 Å². The van der Waals surface area contributed by atoms with Gasteiger partial charge in [0.05, 0.1) is 16.5 Å². The minimum Gasteiger partial charge on any atom is -0.324 e. The van der Waals surface area contributed by atoms with Crippen molar-refractivity contribution >= 4 is 58.2 Å². The topological polar surface area (TPSA) is 70.7 Å². The highest BCUT2D eigenvalue weighted by Crippen LogP contribution is 2.26. The van der Waals surface area contributed by atoms with Crippen LogP contribution in [0.3, 0.4) is 0 Å². The number of hydrogen-bond acceptors (Lipinski definition) is 4. The van der Waals surface area contributed by atoms with Crippen molar-refractivity contribution in [2.45, 2.75) is 5.16 Å². The maximum atomic E-state index is 12.0. The van der Waals surface area contributed by atoms with Crippen LogP contribution in [-0.2, 0) is 4.79 Å². The van der Waals surface area contributed by atoms with Gasteiger partial charge in [0.1, 0.15) is 0 Å². The molecule has 3 aromatic rings. The molecule has 2 aromatic carbocycles. The van der Waals surface area contributed by atoms with Gasteiger partial charge in [-0.3, -0.25) is 9.89 Å². The van der Waals surface area contributed by atoms with Crippen molar-refractivity contribution in [3.63, 3.8) is 0 Å². The van der Waals surface area contributed by atoms with Crippen molar-refractivity contribution in [3.8, 4) is 11.4 Å². The highest BCUT2D eigenvalue weighted by molar-refractivity contribution is 7.99. The zero-order valence-corrected chi connectivity index (χ0v) is 15.7. The van der Waals surface area contributed by atoms with Gasteiger partial charge in [0.2, 0.25) is 11.1 Å². The molecule has 0 bridgehead atoms. The Bertz CT molecular complexity index is 899. The van der Waals surface area contributed by atoms with Crippen molar-refractivity contribution in [1.29, 1.82) is 0 Å². The third-order valence-corrected chi connectivity index (χ3v) is 4.77. The number of amides is 1. The Kier molecular flexibility index (Phi) is 5.86. The zero-order valence-electron chi connectivity index (χ0n) is 12.6. The van der Waals surface area contributed by atoms with E-state index in [0.29, 0.717) is 31.7 Å². The first-order valence-electron chi connectivity index (χ1n) is 7.07. The van der Waals surface area contributed by atoms with Crippen LogP contribution in [0.15, 0.2) is 47.6 Å². The lowest BCUT2D eigenvalue weighted by Gasteiger charge is -2.06. The van der Waals surface area contributed by atoms with Crippen molar-refractivity contribution in [2.75, 3.05) is 11.1 Å². The quantitative estimate of drug-likeness (QED) is 0.567. The number of nitrogens with one attached hydrogen (secondary N) is 2. The molecule has 128 valence electrons. The molecular weight excluding hydrogens is 403 g/mol. The van der Waals surface area contributed by atoms with Crippen LogP contribution in [0.1, 0.15) is 0 Å². The van der Waals surface area contributed by atoms with E-state index in [9.17, 15) is 4.79 Å². The van der Waals surface area contributed by atoms with E-state index in [-0.39, 0.29) is 11.7 Å². The largest absolute Gasteiger partial charge is 0.324 e. The molecule has 0 unspecified atom stereocenters. The van der Waals surface area contributed by atoms with E-state index in [1.54, 1.807) is 30.3 Å². The Balaban J connectivity index is 1.58. The summed E-state index contributed by atoms with van der Waals surface area (Å²) in [6.45, 7) is 0. The summed E-state index contributed by atoms with van der Waals surface area (Å²) in [5.41, 5.74) is 1.37. The van der Waals surface area contributed by atoms with E-state index >= 15 is 0 Å². The standard InChI is InChI=1S/C16H11Cl3N4OS/c17-10-3-1-9(2-4-10)15-21-16(23-22-15)25-8-14(24)20-13-6-5-11(18)7-12(13)19/h1-7H,8H2,(H,20,24)(H,21,22,23). The molecule has 0 aliphatic heterocycles. The fraction of sp³-hybridized carbons (Fsp3) is 0.0625. The van der Waals surface area contributed by atoms with E-state index in [1.165, 1.54) is 11.8 Å². The second kappa shape index (κ2) is 8.10. The van der Waals surface area contributed by atoms with Gasteiger partial charge in [0, 0.05) is 15.6 Å². The molecule has 0 saturated carbocycles. The number of halogens is 3. The molecule has 0 saturated heterocycles. The molecule has 0 fully saturated rings. The molecule has 0 radical (unpaired) electrons. The van der Waals surface area contributed by atoms with Gasteiger partial charge >= 0.3 is 0 Å².